The van der Waals surface area contributed by atoms with E-state index in [4.69, 9.17) is 0 Å². The van der Waals surface area contributed by atoms with Gasteiger partial charge in [0.25, 0.3) is 0 Å². The van der Waals surface area contributed by atoms with E-state index in [0.717, 1.165) is 10.7 Å². The van der Waals surface area contributed by atoms with Gasteiger partial charge in [0.15, 0.2) is 0 Å². The number of pyridine rings is 1. The van der Waals surface area contributed by atoms with Gasteiger partial charge in [0.2, 0.25) is 0 Å². The van der Waals surface area contributed by atoms with Gasteiger partial charge < -0.3 is 0 Å². The van der Waals surface area contributed by atoms with E-state index < -0.39 is 0 Å². The molecular weight excluding hydrogens is 126 g/mol. The first-order valence-electron chi connectivity index (χ1n) is 3.22. The van der Waals surface area contributed by atoms with Gasteiger partial charge in [-0.1, -0.05) is 0 Å². The predicted molar refractivity (Wildman–Crippen MR) is 36.0 cm³/mol. The molecule has 0 aromatic carbocycles. The molecule has 0 radical (unpaired) electrons. The van der Waals surface area contributed by atoms with Crippen LogP contribution in [0.3, 0.4) is 0 Å². The van der Waals surface area contributed by atoms with Crippen molar-refractivity contribution in [2.24, 2.45) is 9.98 Å². The maximum atomic E-state index is 4.25. The highest BCUT2D eigenvalue weighted by Crippen LogP contribution is 1.89. The number of fused-ring (bicyclic) bond motifs is 1. The maximum absolute atomic E-state index is 4.25. The second-order valence-corrected chi connectivity index (χ2v) is 2.25. The summed E-state index contributed by atoms with van der Waals surface area (Å²) in [5.41, 5.74) is 0. The van der Waals surface area contributed by atoms with Crippen LogP contribution in [0.2, 0.25) is 0 Å². The van der Waals surface area contributed by atoms with Crippen molar-refractivity contribution in [2.75, 3.05) is 0 Å². The second-order valence-electron chi connectivity index (χ2n) is 2.25. The summed E-state index contributed by atoms with van der Waals surface area (Å²) in [6.07, 6.45) is 3.55. The molecule has 0 spiro atoms. The molecule has 2 rings (SSSR count). The Hall–Kier alpha value is -1.25. The summed E-state index contributed by atoms with van der Waals surface area (Å²) in [5, 5.41) is 1.87. The lowest BCUT2D eigenvalue weighted by molar-refractivity contribution is 0.787. The molecule has 1 aliphatic rings. The molecule has 1 aromatic rings. The van der Waals surface area contributed by atoms with E-state index in [1.54, 1.807) is 12.4 Å². The fourth-order valence-corrected chi connectivity index (χ4v) is 1.02. The highest BCUT2D eigenvalue weighted by Gasteiger charge is 2.00. The molecule has 1 atom stereocenters. The van der Waals surface area contributed by atoms with Crippen LogP contribution in [0.5, 0.6) is 0 Å². The van der Waals surface area contributed by atoms with Crippen LogP contribution in [0.15, 0.2) is 28.4 Å². The third-order valence-electron chi connectivity index (χ3n) is 1.43. The average molecular weight is 133 g/mol. The van der Waals surface area contributed by atoms with E-state index in [9.17, 15) is 0 Å². The summed E-state index contributed by atoms with van der Waals surface area (Å²) in [4.78, 5) is 12.4. The summed E-state index contributed by atoms with van der Waals surface area (Å²) in [6, 6.07) is 1.88. The number of aromatic nitrogens is 1. The third-order valence-corrected chi connectivity index (χ3v) is 1.43. The van der Waals surface area contributed by atoms with Gasteiger partial charge in [-0.25, -0.2) is 0 Å². The van der Waals surface area contributed by atoms with Crippen molar-refractivity contribution in [3.63, 3.8) is 0 Å². The Labute approximate surface area is 58.2 Å². The molecule has 1 aliphatic heterocycles. The molecule has 0 aliphatic carbocycles. The lowest BCUT2D eigenvalue weighted by Crippen LogP contribution is -2.20. The molecule has 0 saturated heterocycles. The fraction of sp³-hybridized carbons (Fsp3) is 0.286. The van der Waals surface area contributed by atoms with E-state index in [1.165, 1.54) is 0 Å². The summed E-state index contributed by atoms with van der Waals surface area (Å²) in [7, 11) is 0. The summed E-state index contributed by atoms with van der Waals surface area (Å²) in [5.74, 6) is 0. The lowest BCUT2D eigenvalue weighted by atomic mass is 10.4. The predicted octanol–water partition coefficient (Wildman–Crippen LogP) is -0.320. The lowest BCUT2D eigenvalue weighted by Gasteiger charge is -1.85. The molecule has 0 bridgehead atoms. The van der Waals surface area contributed by atoms with E-state index >= 15 is 0 Å². The minimum Gasteiger partial charge on any atom is -0.262 e. The van der Waals surface area contributed by atoms with Crippen LogP contribution in [-0.4, -0.2) is 11.1 Å². The zero-order valence-corrected chi connectivity index (χ0v) is 5.65. The van der Waals surface area contributed by atoms with Crippen molar-refractivity contribution in [3.05, 3.63) is 29.2 Å². The number of nitrogens with zero attached hydrogens (tertiary/aromatic N) is 3. The molecule has 0 fully saturated rings. The smallest absolute Gasteiger partial charge is 0.138 e. The topological polar surface area (TPSA) is 37.6 Å². The van der Waals surface area contributed by atoms with E-state index in [-0.39, 0.29) is 6.17 Å². The van der Waals surface area contributed by atoms with Crippen LogP contribution in [0.25, 0.3) is 0 Å². The molecule has 2 heterocycles. The van der Waals surface area contributed by atoms with Crippen molar-refractivity contribution in [1.82, 2.24) is 4.98 Å². The summed E-state index contributed by atoms with van der Waals surface area (Å²) in [6.45, 7) is 1.96. The monoisotopic (exact) mass is 133 g/mol. The van der Waals surface area contributed by atoms with Crippen molar-refractivity contribution in [3.8, 4) is 0 Å². The Morgan fingerprint density at radius 1 is 1.30 bits per heavy atom. The van der Waals surface area contributed by atoms with Crippen LogP contribution in [-0.2, 0) is 0 Å². The van der Waals surface area contributed by atoms with E-state index in [1.807, 2.05) is 13.0 Å². The molecule has 3 heteroatoms. The van der Waals surface area contributed by atoms with Gasteiger partial charge in [-0.2, -0.15) is 0 Å². The zero-order valence-electron chi connectivity index (χ0n) is 5.65. The maximum Gasteiger partial charge on any atom is 0.138 e. The Kier molecular flexibility index (Phi) is 1.03. The van der Waals surface area contributed by atoms with Gasteiger partial charge in [0.05, 0.1) is 11.6 Å². The average Bonchev–Trinajstić information content (AvgIpc) is 2.27. The molecule has 1 aromatic heterocycles. The van der Waals surface area contributed by atoms with E-state index in [0.29, 0.717) is 0 Å². The third kappa shape index (κ3) is 0.708. The van der Waals surface area contributed by atoms with Crippen LogP contribution in [0.1, 0.15) is 6.92 Å². The largest absolute Gasteiger partial charge is 0.262 e. The van der Waals surface area contributed by atoms with Gasteiger partial charge >= 0.3 is 0 Å². The summed E-state index contributed by atoms with van der Waals surface area (Å²) >= 11 is 0. The molecular formula is C7H7N3. The molecule has 0 amide bonds. The van der Waals surface area contributed by atoms with Gasteiger partial charge in [-0.15, -0.1) is 0 Å². The number of hydrogen-bond acceptors (Lipinski definition) is 3. The van der Waals surface area contributed by atoms with Crippen molar-refractivity contribution in [2.45, 2.75) is 13.1 Å². The molecule has 1 unspecified atom stereocenters. The van der Waals surface area contributed by atoms with Crippen LogP contribution in [0, 0.1) is 0 Å². The van der Waals surface area contributed by atoms with Gasteiger partial charge in [-0.05, 0) is 13.0 Å². The van der Waals surface area contributed by atoms with Crippen LogP contribution >= 0.6 is 0 Å². The van der Waals surface area contributed by atoms with Crippen LogP contribution < -0.4 is 10.7 Å². The van der Waals surface area contributed by atoms with Crippen molar-refractivity contribution < 1.29 is 0 Å². The number of hydrogen-bond donors (Lipinski definition) is 0. The summed E-state index contributed by atoms with van der Waals surface area (Å²) < 4.78 is 0. The molecule has 50 valence electrons. The Bertz CT molecular complexity index is 320. The van der Waals surface area contributed by atoms with Gasteiger partial charge in [0, 0.05) is 6.20 Å². The minimum atomic E-state index is 0.0826. The van der Waals surface area contributed by atoms with E-state index in [2.05, 4.69) is 15.0 Å². The van der Waals surface area contributed by atoms with Crippen molar-refractivity contribution >= 4 is 0 Å². The van der Waals surface area contributed by atoms with Gasteiger partial charge in [0.1, 0.15) is 11.5 Å². The van der Waals surface area contributed by atoms with Gasteiger partial charge in [-0.3, -0.25) is 15.0 Å². The first kappa shape index (κ1) is 5.53. The minimum absolute atomic E-state index is 0.0826. The quantitative estimate of drug-likeness (QED) is 0.478. The molecule has 0 N–H and O–H groups in total. The molecule has 0 saturated carbocycles. The Morgan fingerprint density at radius 2 is 2.10 bits per heavy atom. The van der Waals surface area contributed by atoms with Crippen molar-refractivity contribution in [1.29, 1.82) is 0 Å². The molecule has 3 nitrogen and oxygen atoms in total. The number of rotatable bonds is 0. The first-order chi connectivity index (χ1) is 4.86. The Balaban J connectivity index is 2.83. The fourth-order valence-electron chi connectivity index (χ4n) is 1.02. The normalized spacial score (nSPS) is 21.1. The standard InChI is InChI=1S/C7H7N3/c1-5-9-6-2-3-8-4-7(6)10-5/h2-5H,1H3. The highest BCUT2D eigenvalue weighted by molar-refractivity contribution is 4.95. The second kappa shape index (κ2) is 1.87. The zero-order chi connectivity index (χ0) is 6.97. The van der Waals surface area contributed by atoms with Crippen LogP contribution in [0.4, 0.5) is 0 Å². The SMILES string of the molecule is CC1N=c2ccncc2=N1. The first-order valence-corrected chi connectivity index (χ1v) is 3.22. The molecule has 10 heavy (non-hydrogen) atoms. The Morgan fingerprint density at radius 3 is 2.90 bits per heavy atom. The highest BCUT2D eigenvalue weighted by atomic mass is 15.0.